The number of fused-ring (bicyclic) bond motifs is 1. The van der Waals surface area contributed by atoms with Gasteiger partial charge in [0.1, 0.15) is 5.57 Å². The molecular formula is C25H32N4O9. The van der Waals surface area contributed by atoms with E-state index in [4.69, 9.17) is 4.74 Å². The van der Waals surface area contributed by atoms with Gasteiger partial charge in [0.05, 0.1) is 23.6 Å². The summed E-state index contributed by atoms with van der Waals surface area (Å²) < 4.78 is 5.56. The molecule has 0 radical (unpaired) electrons. The van der Waals surface area contributed by atoms with Crippen molar-refractivity contribution in [3.05, 3.63) is 41.5 Å². The van der Waals surface area contributed by atoms with Gasteiger partial charge in [0.15, 0.2) is 0 Å². The molecule has 2 aliphatic heterocycles. The van der Waals surface area contributed by atoms with E-state index in [9.17, 15) is 39.6 Å². The molecule has 13 nitrogen and oxygen atoms in total. The fourth-order valence-corrected chi connectivity index (χ4v) is 4.94. The molecule has 1 unspecified atom stereocenters. The molecule has 5 N–H and O–H groups in total. The first-order valence-corrected chi connectivity index (χ1v) is 12.1. The lowest BCUT2D eigenvalue weighted by Gasteiger charge is -2.47. The summed E-state index contributed by atoms with van der Waals surface area (Å²) in [6.07, 6.45) is 1.85. The van der Waals surface area contributed by atoms with Crippen molar-refractivity contribution in [2.75, 3.05) is 63.2 Å². The molecule has 1 fully saturated rings. The van der Waals surface area contributed by atoms with Crippen LogP contribution in [-0.4, -0.2) is 113 Å². The normalized spacial score (nSPS) is 20.9. The first kappa shape index (κ1) is 28.6. The summed E-state index contributed by atoms with van der Waals surface area (Å²) in [6, 6.07) is 4.60. The first-order valence-electron chi connectivity index (χ1n) is 12.1. The number of para-hydroxylation sites is 1. The Balaban J connectivity index is 2.34. The van der Waals surface area contributed by atoms with Crippen LogP contribution in [-0.2, 0) is 23.9 Å². The van der Waals surface area contributed by atoms with Crippen molar-refractivity contribution in [1.82, 2.24) is 9.80 Å². The van der Waals surface area contributed by atoms with Crippen molar-refractivity contribution in [3.8, 4) is 0 Å². The number of nitrogens with zero attached hydrogens (tertiary/aromatic N) is 3. The standard InChI is InChI=1S/C25H32N4O9/c1-3-38-13-12-29-19-7-4-6-16(17(23(34)35)14-20(30)31)22(19)26-25(29,18(24(36)37)15-21(32)33)28-9-5-8-27(2)10-11-28/h4,6-7,14-15,26H,3,5,8-13H2,1-2H3,(H,30,31)(H,32,33)(H,34,35)(H,36,37). The molecular weight excluding hydrogens is 500 g/mol. The third kappa shape index (κ3) is 5.79. The highest BCUT2D eigenvalue weighted by Gasteiger charge is 2.54. The van der Waals surface area contributed by atoms with Crippen molar-refractivity contribution in [2.45, 2.75) is 19.1 Å². The van der Waals surface area contributed by atoms with Gasteiger partial charge in [0, 0.05) is 50.5 Å². The lowest BCUT2D eigenvalue weighted by Crippen LogP contribution is -2.66. The van der Waals surface area contributed by atoms with Crippen LogP contribution in [0.4, 0.5) is 11.4 Å². The zero-order valence-corrected chi connectivity index (χ0v) is 21.2. The van der Waals surface area contributed by atoms with Crippen LogP contribution in [0.15, 0.2) is 35.9 Å². The predicted molar refractivity (Wildman–Crippen MR) is 137 cm³/mol. The second kappa shape index (κ2) is 12.1. The maximum absolute atomic E-state index is 12.7. The zero-order valence-electron chi connectivity index (χ0n) is 21.2. The average molecular weight is 533 g/mol. The average Bonchev–Trinajstić information content (AvgIpc) is 3.01. The van der Waals surface area contributed by atoms with Crippen LogP contribution in [0.1, 0.15) is 18.9 Å². The molecule has 0 saturated carbocycles. The molecule has 2 heterocycles. The monoisotopic (exact) mass is 532 g/mol. The van der Waals surface area contributed by atoms with Gasteiger partial charge in [0.2, 0.25) is 5.79 Å². The molecule has 0 spiro atoms. The van der Waals surface area contributed by atoms with Crippen LogP contribution >= 0.6 is 0 Å². The Morgan fingerprint density at radius 2 is 1.71 bits per heavy atom. The topological polar surface area (TPSA) is 180 Å². The molecule has 13 heteroatoms. The van der Waals surface area contributed by atoms with Crippen molar-refractivity contribution in [2.24, 2.45) is 0 Å². The van der Waals surface area contributed by atoms with E-state index in [0.717, 1.165) is 6.54 Å². The first-order chi connectivity index (χ1) is 18.0. The summed E-state index contributed by atoms with van der Waals surface area (Å²) in [5, 5.41) is 42.2. The lowest BCUT2D eigenvalue weighted by atomic mass is 10.0. The van der Waals surface area contributed by atoms with Crippen LogP contribution in [0.2, 0.25) is 0 Å². The van der Waals surface area contributed by atoms with Crippen molar-refractivity contribution in [3.63, 3.8) is 0 Å². The second-order valence-electron chi connectivity index (χ2n) is 8.89. The number of carboxylic acid groups (broad SMARTS) is 4. The third-order valence-corrected chi connectivity index (χ3v) is 6.53. The number of likely N-dealkylation sites (N-methyl/N-ethyl adjacent to an activating group) is 1. The fraction of sp³-hybridized carbons (Fsp3) is 0.440. The minimum atomic E-state index is -1.74. The van der Waals surface area contributed by atoms with Gasteiger partial charge in [-0.3, -0.25) is 4.90 Å². The second-order valence-corrected chi connectivity index (χ2v) is 8.89. The summed E-state index contributed by atoms with van der Waals surface area (Å²) in [5.41, 5.74) is -0.416. The number of benzene rings is 1. The Labute approximate surface area is 219 Å². The van der Waals surface area contributed by atoms with Crippen LogP contribution in [0.3, 0.4) is 0 Å². The number of ether oxygens (including phenoxy) is 1. The number of anilines is 2. The summed E-state index contributed by atoms with van der Waals surface area (Å²) in [6.45, 7) is 4.52. The van der Waals surface area contributed by atoms with Gasteiger partial charge in [-0.2, -0.15) is 0 Å². The Kier molecular flexibility index (Phi) is 9.09. The van der Waals surface area contributed by atoms with Gasteiger partial charge in [-0.25, -0.2) is 19.2 Å². The van der Waals surface area contributed by atoms with Gasteiger partial charge >= 0.3 is 23.9 Å². The van der Waals surface area contributed by atoms with E-state index in [2.05, 4.69) is 10.2 Å². The Morgan fingerprint density at radius 1 is 1.00 bits per heavy atom. The molecule has 0 aliphatic carbocycles. The molecule has 1 aromatic rings. The maximum Gasteiger partial charge on any atom is 0.337 e. The van der Waals surface area contributed by atoms with Crippen LogP contribution in [0.25, 0.3) is 5.57 Å². The minimum Gasteiger partial charge on any atom is -0.478 e. The summed E-state index contributed by atoms with van der Waals surface area (Å²) >= 11 is 0. The fourth-order valence-electron chi connectivity index (χ4n) is 4.94. The Morgan fingerprint density at radius 3 is 2.32 bits per heavy atom. The van der Waals surface area contributed by atoms with Gasteiger partial charge in [0.25, 0.3) is 0 Å². The number of hydrogen-bond acceptors (Lipinski definition) is 9. The summed E-state index contributed by atoms with van der Waals surface area (Å²) in [5.74, 6) is -7.64. The van der Waals surface area contributed by atoms with E-state index in [-0.39, 0.29) is 24.4 Å². The van der Waals surface area contributed by atoms with Gasteiger partial charge in [-0.15, -0.1) is 0 Å². The highest BCUT2D eigenvalue weighted by atomic mass is 16.5. The number of aliphatic carboxylic acids is 4. The molecule has 1 atom stereocenters. The van der Waals surface area contributed by atoms with Crippen LogP contribution < -0.4 is 10.2 Å². The number of nitrogens with one attached hydrogen (secondary N) is 1. The van der Waals surface area contributed by atoms with E-state index in [1.807, 2.05) is 11.9 Å². The number of hydrogen-bond donors (Lipinski definition) is 5. The van der Waals surface area contributed by atoms with E-state index in [1.54, 1.807) is 17.9 Å². The van der Waals surface area contributed by atoms with Gasteiger partial charge in [-0.1, -0.05) is 12.1 Å². The molecule has 3 rings (SSSR count). The smallest absolute Gasteiger partial charge is 0.337 e. The molecule has 0 amide bonds. The van der Waals surface area contributed by atoms with Crippen LogP contribution in [0, 0.1) is 0 Å². The predicted octanol–water partition coefficient (Wildman–Crippen LogP) is 0.895. The van der Waals surface area contributed by atoms with E-state index in [1.165, 1.54) is 12.1 Å². The highest BCUT2D eigenvalue weighted by Crippen LogP contribution is 2.48. The van der Waals surface area contributed by atoms with E-state index in [0.29, 0.717) is 50.5 Å². The highest BCUT2D eigenvalue weighted by molar-refractivity contribution is 6.22. The third-order valence-electron chi connectivity index (χ3n) is 6.53. The Bertz CT molecular complexity index is 1170. The molecule has 1 saturated heterocycles. The SMILES string of the molecule is CCOCCN1c2cccc(C(=CC(=O)O)C(=O)O)c2NC1(C(=CC(=O)O)C(=O)O)N1CCCN(C)CC1. The van der Waals surface area contributed by atoms with Crippen LogP contribution in [0.5, 0.6) is 0 Å². The van der Waals surface area contributed by atoms with E-state index < -0.39 is 40.8 Å². The maximum atomic E-state index is 12.7. The number of carbonyl (C=O) groups is 4. The zero-order chi connectivity index (χ0) is 28.0. The van der Waals surface area contributed by atoms with Gasteiger partial charge < -0.3 is 40.3 Å². The molecule has 1 aromatic carbocycles. The van der Waals surface area contributed by atoms with E-state index >= 15 is 0 Å². The Hall–Kier alpha value is -3.94. The summed E-state index contributed by atoms with van der Waals surface area (Å²) in [7, 11) is 1.93. The summed E-state index contributed by atoms with van der Waals surface area (Å²) in [4.78, 5) is 53.6. The van der Waals surface area contributed by atoms with Crippen molar-refractivity contribution >= 4 is 40.8 Å². The quantitative estimate of drug-likeness (QED) is 0.200. The molecule has 2 aliphatic rings. The molecule has 0 bridgehead atoms. The minimum absolute atomic E-state index is 0.0210. The van der Waals surface area contributed by atoms with Crippen molar-refractivity contribution < 1.29 is 44.3 Å². The molecule has 0 aromatic heterocycles. The lowest BCUT2D eigenvalue weighted by molar-refractivity contribution is -0.136. The number of carboxylic acids is 4. The molecule has 38 heavy (non-hydrogen) atoms. The largest absolute Gasteiger partial charge is 0.478 e. The van der Waals surface area contributed by atoms with Crippen molar-refractivity contribution in [1.29, 1.82) is 0 Å². The molecule has 206 valence electrons. The van der Waals surface area contributed by atoms with Gasteiger partial charge in [-0.05, 0) is 33.0 Å². The number of rotatable bonds is 11.